The lowest BCUT2D eigenvalue weighted by Gasteiger charge is -2.23. The smallest absolute Gasteiger partial charge is 0.223 e. The second kappa shape index (κ2) is 8.11. The SMILES string of the molecule is CN(C(=O)CCNCCC1=CCCCC1)C1CCS(=O)(=O)C1. The fourth-order valence-electron chi connectivity index (χ4n) is 3.16. The first-order chi connectivity index (χ1) is 10.5. The molecule has 126 valence electrons. The Morgan fingerprint density at radius 3 is 2.82 bits per heavy atom. The van der Waals surface area contributed by atoms with Crippen LogP contribution in [-0.2, 0) is 14.6 Å². The highest BCUT2D eigenvalue weighted by atomic mass is 32.2. The molecule has 1 fully saturated rings. The molecular formula is C16H28N2O3S. The topological polar surface area (TPSA) is 66.5 Å². The lowest BCUT2D eigenvalue weighted by atomic mass is 9.97. The van der Waals surface area contributed by atoms with Crippen LogP contribution in [-0.4, -0.2) is 56.9 Å². The largest absolute Gasteiger partial charge is 0.342 e. The zero-order valence-electron chi connectivity index (χ0n) is 13.5. The Bertz CT molecular complexity index is 513. The molecule has 5 nitrogen and oxygen atoms in total. The van der Waals surface area contributed by atoms with Gasteiger partial charge in [-0.3, -0.25) is 4.79 Å². The summed E-state index contributed by atoms with van der Waals surface area (Å²) in [6.45, 7) is 1.58. The van der Waals surface area contributed by atoms with E-state index in [4.69, 9.17) is 0 Å². The highest BCUT2D eigenvalue weighted by Crippen LogP contribution is 2.19. The van der Waals surface area contributed by atoms with Gasteiger partial charge in [0.1, 0.15) is 0 Å². The number of carbonyl (C=O) groups excluding carboxylic acids is 1. The third kappa shape index (κ3) is 5.39. The second-order valence-corrected chi connectivity index (χ2v) is 8.65. The molecular weight excluding hydrogens is 300 g/mol. The summed E-state index contributed by atoms with van der Waals surface area (Å²) in [5, 5.41) is 3.32. The molecule has 1 atom stereocenters. The van der Waals surface area contributed by atoms with E-state index in [0.29, 0.717) is 19.4 Å². The monoisotopic (exact) mass is 328 g/mol. The molecule has 0 spiro atoms. The zero-order chi connectivity index (χ0) is 16.0. The van der Waals surface area contributed by atoms with E-state index in [1.807, 2.05) is 0 Å². The van der Waals surface area contributed by atoms with E-state index in [1.54, 1.807) is 17.5 Å². The first-order valence-corrected chi connectivity index (χ1v) is 10.1. The fourth-order valence-corrected chi connectivity index (χ4v) is 4.94. The van der Waals surface area contributed by atoms with Gasteiger partial charge in [0.05, 0.1) is 11.5 Å². The van der Waals surface area contributed by atoms with Crippen molar-refractivity contribution in [1.29, 1.82) is 0 Å². The van der Waals surface area contributed by atoms with Gasteiger partial charge in [-0.05, 0) is 45.1 Å². The molecule has 0 aromatic heterocycles. The van der Waals surface area contributed by atoms with Crippen molar-refractivity contribution < 1.29 is 13.2 Å². The molecule has 1 amide bonds. The van der Waals surface area contributed by atoms with E-state index in [-0.39, 0.29) is 23.5 Å². The second-order valence-electron chi connectivity index (χ2n) is 6.42. The van der Waals surface area contributed by atoms with Crippen molar-refractivity contribution in [3.8, 4) is 0 Å². The number of carbonyl (C=O) groups is 1. The highest BCUT2D eigenvalue weighted by Gasteiger charge is 2.32. The van der Waals surface area contributed by atoms with Gasteiger partial charge in [0.25, 0.3) is 0 Å². The maximum atomic E-state index is 12.1. The molecule has 0 saturated carbocycles. The number of sulfone groups is 1. The van der Waals surface area contributed by atoms with Crippen LogP contribution in [0.3, 0.4) is 0 Å². The van der Waals surface area contributed by atoms with Gasteiger partial charge in [-0.25, -0.2) is 8.42 Å². The predicted octanol–water partition coefficient (Wildman–Crippen LogP) is 1.50. The van der Waals surface area contributed by atoms with Gasteiger partial charge in [-0.15, -0.1) is 0 Å². The van der Waals surface area contributed by atoms with Gasteiger partial charge in [-0.1, -0.05) is 11.6 Å². The quantitative estimate of drug-likeness (QED) is 0.568. The van der Waals surface area contributed by atoms with Crippen LogP contribution < -0.4 is 5.32 Å². The normalized spacial score (nSPS) is 24.0. The molecule has 1 N–H and O–H groups in total. The summed E-state index contributed by atoms with van der Waals surface area (Å²) in [4.78, 5) is 13.7. The van der Waals surface area contributed by atoms with Crippen LogP contribution in [0.4, 0.5) is 0 Å². The first kappa shape index (κ1) is 17.5. The number of hydrogen-bond donors (Lipinski definition) is 1. The van der Waals surface area contributed by atoms with Gasteiger partial charge in [0.15, 0.2) is 9.84 Å². The summed E-state index contributed by atoms with van der Waals surface area (Å²) >= 11 is 0. The number of rotatable bonds is 7. The van der Waals surface area contributed by atoms with Crippen LogP contribution in [0.1, 0.15) is 44.9 Å². The minimum atomic E-state index is -2.93. The maximum absolute atomic E-state index is 12.1. The Balaban J connectivity index is 1.60. The van der Waals surface area contributed by atoms with E-state index >= 15 is 0 Å². The van der Waals surface area contributed by atoms with Crippen LogP contribution in [0.2, 0.25) is 0 Å². The van der Waals surface area contributed by atoms with Crippen LogP contribution in [0.25, 0.3) is 0 Å². The number of amides is 1. The maximum Gasteiger partial charge on any atom is 0.223 e. The molecule has 1 aliphatic heterocycles. The number of nitrogens with zero attached hydrogens (tertiary/aromatic N) is 1. The first-order valence-electron chi connectivity index (χ1n) is 8.33. The van der Waals surface area contributed by atoms with E-state index in [0.717, 1.165) is 13.0 Å². The summed E-state index contributed by atoms with van der Waals surface area (Å²) in [6, 6.07) is -0.134. The average molecular weight is 328 g/mol. The average Bonchev–Trinajstić information content (AvgIpc) is 2.87. The Hall–Kier alpha value is -0.880. The van der Waals surface area contributed by atoms with E-state index < -0.39 is 9.84 Å². The van der Waals surface area contributed by atoms with Crippen molar-refractivity contribution in [1.82, 2.24) is 10.2 Å². The lowest BCUT2D eigenvalue weighted by Crippen LogP contribution is -2.39. The van der Waals surface area contributed by atoms with Crippen molar-refractivity contribution in [2.45, 2.75) is 51.0 Å². The fraction of sp³-hybridized carbons (Fsp3) is 0.812. The minimum Gasteiger partial charge on any atom is -0.342 e. The standard InChI is InChI=1S/C16H28N2O3S/c1-18(15-9-12-22(20,21)13-15)16(19)8-11-17-10-7-14-5-3-2-4-6-14/h5,15,17H,2-4,6-13H2,1H3. The van der Waals surface area contributed by atoms with E-state index in [2.05, 4.69) is 11.4 Å². The summed E-state index contributed by atoms with van der Waals surface area (Å²) in [7, 11) is -1.21. The van der Waals surface area contributed by atoms with Crippen LogP contribution >= 0.6 is 0 Å². The molecule has 2 aliphatic rings. The Morgan fingerprint density at radius 1 is 1.36 bits per heavy atom. The van der Waals surface area contributed by atoms with Crippen molar-refractivity contribution >= 4 is 15.7 Å². The molecule has 1 heterocycles. The van der Waals surface area contributed by atoms with Crippen molar-refractivity contribution in [2.24, 2.45) is 0 Å². The summed E-state index contributed by atoms with van der Waals surface area (Å²) in [6.07, 6.45) is 9.49. The van der Waals surface area contributed by atoms with Crippen LogP contribution in [0.5, 0.6) is 0 Å². The van der Waals surface area contributed by atoms with Gasteiger partial charge < -0.3 is 10.2 Å². The van der Waals surface area contributed by atoms with Gasteiger partial charge in [0.2, 0.25) is 5.91 Å². The number of nitrogens with one attached hydrogen (secondary N) is 1. The van der Waals surface area contributed by atoms with Crippen molar-refractivity contribution in [3.63, 3.8) is 0 Å². The van der Waals surface area contributed by atoms with Crippen molar-refractivity contribution in [3.05, 3.63) is 11.6 Å². The third-order valence-electron chi connectivity index (χ3n) is 4.67. The zero-order valence-corrected chi connectivity index (χ0v) is 14.3. The van der Waals surface area contributed by atoms with Crippen molar-refractivity contribution in [2.75, 3.05) is 31.6 Å². The molecule has 0 bridgehead atoms. The predicted molar refractivity (Wildman–Crippen MR) is 88.5 cm³/mol. The summed E-state index contributed by atoms with van der Waals surface area (Å²) in [5.74, 6) is 0.367. The van der Waals surface area contributed by atoms with Crippen LogP contribution in [0.15, 0.2) is 11.6 Å². The Kier molecular flexibility index (Phi) is 6.44. The molecule has 1 saturated heterocycles. The molecule has 0 aromatic carbocycles. The Morgan fingerprint density at radius 2 is 2.18 bits per heavy atom. The molecule has 1 aliphatic carbocycles. The molecule has 1 unspecified atom stereocenters. The van der Waals surface area contributed by atoms with Crippen LogP contribution in [0, 0.1) is 0 Å². The number of hydrogen-bond acceptors (Lipinski definition) is 4. The summed E-state index contributed by atoms with van der Waals surface area (Å²) < 4.78 is 22.9. The molecule has 0 aromatic rings. The minimum absolute atomic E-state index is 0.0338. The van der Waals surface area contributed by atoms with Gasteiger partial charge >= 0.3 is 0 Å². The number of allylic oxidation sites excluding steroid dienone is 1. The highest BCUT2D eigenvalue weighted by molar-refractivity contribution is 7.91. The van der Waals surface area contributed by atoms with E-state index in [1.165, 1.54) is 25.7 Å². The van der Waals surface area contributed by atoms with Gasteiger partial charge in [0, 0.05) is 26.1 Å². The third-order valence-corrected chi connectivity index (χ3v) is 6.42. The molecule has 22 heavy (non-hydrogen) atoms. The molecule has 6 heteroatoms. The lowest BCUT2D eigenvalue weighted by molar-refractivity contribution is -0.131. The summed E-state index contributed by atoms with van der Waals surface area (Å²) in [5.41, 5.74) is 1.54. The van der Waals surface area contributed by atoms with Gasteiger partial charge in [-0.2, -0.15) is 0 Å². The Labute approximate surface area is 134 Å². The molecule has 0 radical (unpaired) electrons. The van der Waals surface area contributed by atoms with E-state index in [9.17, 15) is 13.2 Å². The molecule has 2 rings (SSSR count).